The number of nitrogens with zero attached hydrogens (tertiary/aromatic N) is 12. The molecule has 0 saturated carbocycles. The molecule has 1 aliphatic rings. The summed E-state index contributed by atoms with van der Waals surface area (Å²) in [4.78, 5) is 66.1. The van der Waals surface area contributed by atoms with Crippen molar-refractivity contribution in [2.45, 2.75) is 0 Å². The van der Waals surface area contributed by atoms with Crippen LogP contribution in [0.5, 0.6) is 0 Å². The number of nitro groups is 6. The Morgan fingerprint density at radius 3 is 0.904 bits per heavy atom. The van der Waals surface area contributed by atoms with Gasteiger partial charge in [0.15, 0.2) is 0 Å². The van der Waals surface area contributed by atoms with Gasteiger partial charge in [0, 0.05) is 37.6 Å². The number of azo groups is 2. The van der Waals surface area contributed by atoms with Gasteiger partial charge in [-0.1, -0.05) is 0 Å². The summed E-state index contributed by atoms with van der Waals surface area (Å²) < 4.78 is 0. The van der Waals surface area contributed by atoms with Crippen LogP contribution in [0.25, 0.3) is 0 Å². The lowest BCUT2D eigenvalue weighted by atomic mass is 10.2. The Balaban J connectivity index is 1.24. The molecule has 0 bridgehead atoms. The van der Waals surface area contributed by atoms with Crippen LogP contribution in [0, 0.1) is 60.7 Å². The first-order chi connectivity index (χ1) is 24.7. The Hall–Kier alpha value is -7.92. The van der Waals surface area contributed by atoms with Gasteiger partial charge in [-0.05, 0) is 48.5 Å². The summed E-state index contributed by atoms with van der Waals surface area (Å²) in [6.45, 7) is 2.32. The molecule has 4 aromatic carbocycles. The third-order valence-corrected chi connectivity index (χ3v) is 7.56. The smallest absolute Gasteiger partial charge is 0.310 e. The minimum absolute atomic E-state index is 0.208. The molecule has 1 fully saturated rings. The second-order valence-corrected chi connectivity index (χ2v) is 10.6. The fourth-order valence-electron chi connectivity index (χ4n) is 5.05. The normalized spacial score (nSPS) is 13.0. The Labute approximate surface area is 287 Å². The first kappa shape index (κ1) is 35.4. The van der Waals surface area contributed by atoms with Crippen molar-refractivity contribution >= 4 is 68.2 Å². The molecule has 24 nitrogen and oxygen atoms in total. The summed E-state index contributed by atoms with van der Waals surface area (Å²) in [5, 5.41) is 83.2. The first-order valence-corrected chi connectivity index (χ1v) is 14.5. The third-order valence-electron chi connectivity index (χ3n) is 7.56. The van der Waals surface area contributed by atoms with Gasteiger partial charge in [-0.3, -0.25) is 60.7 Å². The van der Waals surface area contributed by atoms with Crippen molar-refractivity contribution in [2.24, 2.45) is 20.5 Å². The van der Waals surface area contributed by atoms with Crippen molar-refractivity contribution in [1.29, 1.82) is 0 Å². The summed E-state index contributed by atoms with van der Waals surface area (Å²) in [5.74, 6) is 0. The highest BCUT2D eigenvalue weighted by molar-refractivity contribution is 5.75. The summed E-state index contributed by atoms with van der Waals surface area (Å²) in [6.07, 6.45) is 0. The predicted molar refractivity (Wildman–Crippen MR) is 178 cm³/mol. The van der Waals surface area contributed by atoms with E-state index < -0.39 is 75.0 Å². The van der Waals surface area contributed by atoms with Gasteiger partial charge in [0.05, 0.1) is 65.2 Å². The van der Waals surface area contributed by atoms with Crippen LogP contribution in [0.2, 0.25) is 0 Å². The van der Waals surface area contributed by atoms with E-state index in [2.05, 4.69) is 30.3 Å². The lowest BCUT2D eigenvalue weighted by molar-refractivity contribution is -0.402. The number of non-ortho nitro benzene ring substituents is 2. The van der Waals surface area contributed by atoms with Crippen molar-refractivity contribution in [1.82, 2.24) is 0 Å². The zero-order valence-electron chi connectivity index (χ0n) is 26.0. The lowest BCUT2D eigenvalue weighted by Crippen LogP contribution is -2.46. The number of rotatable bonds is 12. The van der Waals surface area contributed by atoms with Crippen LogP contribution in [0.15, 0.2) is 93.3 Å². The van der Waals surface area contributed by atoms with Gasteiger partial charge in [-0.25, -0.2) is 0 Å². The van der Waals surface area contributed by atoms with Crippen molar-refractivity contribution in [2.75, 3.05) is 36.0 Å². The van der Waals surface area contributed by atoms with Gasteiger partial charge < -0.3 is 9.80 Å². The summed E-state index contributed by atoms with van der Waals surface area (Å²) >= 11 is 0. The third kappa shape index (κ3) is 7.69. The Morgan fingerprint density at radius 2 is 0.673 bits per heavy atom. The van der Waals surface area contributed by atoms with Crippen LogP contribution < -0.4 is 9.80 Å². The number of piperazine rings is 1. The minimum atomic E-state index is -1.02. The molecule has 0 N–H and O–H groups in total. The van der Waals surface area contributed by atoms with Crippen molar-refractivity contribution in [3.63, 3.8) is 0 Å². The molecule has 1 aliphatic heterocycles. The van der Waals surface area contributed by atoms with Crippen LogP contribution >= 0.6 is 0 Å². The van der Waals surface area contributed by atoms with Gasteiger partial charge in [0.1, 0.15) is 0 Å². The Morgan fingerprint density at radius 1 is 0.404 bits per heavy atom. The Bertz CT molecular complexity index is 1960. The molecule has 264 valence electrons. The van der Waals surface area contributed by atoms with E-state index in [0.29, 0.717) is 50.4 Å². The maximum absolute atomic E-state index is 11.5. The highest BCUT2D eigenvalue weighted by Gasteiger charge is 2.32. The van der Waals surface area contributed by atoms with E-state index in [1.165, 1.54) is 0 Å². The zero-order chi connectivity index (χ0) is 37.7. The molecule has 0 spiro atoms. The maximum Gasteiger partial charge on any atom is 0.310 e. The van der Waals surface area contributed by atoms with Gasteiger partial charge in [0.2, 0.25) is 11.4 Å². The topological polar surface area (TPSA) is 315 Å². The van der Waals surface area contributed by atoms with Gasteiger partial charge in [0.25, 0.3) is 11.4 Å². The van der Waals surface area contributed by atoms with Crippen LogP contribution in [-0.2, 0) is 0 Å². The largest absolute Gasteiger partial charge is 0.368 e. The molecule has 5 rings (SSSR count). The van der Waals surface area contributed by atoms with Crippen molar-refractivity contribution in [3.8, 4) is 0 Å². The number of hydrogen-bond acceptors (Lipinski definition) is 18. The van der Waals surface area contributed by atoms with E-state index in [0.717, 1.165) is 11.4 Å². The average Bonchev–Trinajstić information content (AvgIpc) is 3.12. The number of anilines is 2. The van der Waals surface area contributed by atoms with E-state index >= 15 is 0 Å². The summed E-state index contributed by atoms with van der Waals surface area (Å²) in [5.41, 5.74) is -4.93. The minimum Gasteiger partial charge on any atom is -0.368 e. The fourth-order valence-corrected chi connectivity index (χ4v) is 5.05. The second kappa shape index (κ2) is 14.7. The van der Waals surface area contributed by atoms with Crippen LogP contribution in [0.1, 0.15) is 0 Å². The highest BCUT2D eigenvalue weighted by Crippen LogP contribution is 2.43. The number of hydrogen-bond donors (Lipinski definition) is 0. The maximum atomic E-state index is 11.5. The van der Waals surface area contributed by atoms with Crippen LogP contribution in [-0.4, -0.2) is 55.7 Å². The molecule has 0 aliphatic carbocycles. The zero-order valence-corrected chi connectivity index (χ0v) is 26.0. The summed E-state index contributed by atoms with van der Waals surface area (Å²) in [6, 6.07) is 15.3. The molecule has 52 heavy (non-hydrogen) atoms. The van der Waals surface area contributed by atoms with Gasteiger partial charge in [-0.2, -0.15) is 10.2 Å². The van der Waals surface area contributed by atoms with E-state index in [1.54, 1.807) is 48.5 Å². The molecule has 0 radical (unpaired) electrons. The molecule has 4 aromatic rings. The molecule has 0 aromatic heterocycles. The van der Waals surface area contributed by atoms with Crippen LogP contribution in [0.3, 0.4) is 0 Å². The summed E-state index contributed by atoms with van der Waals surface area (Å²) in [7, 11) is 0. The quantitative estimate of drug-likeness (QED) is 0.0789. The molecule has 24 heteroatoms. The van der Waals surface area contributed by atoms with Crippen molar-refractivity contribution in [3.05, 3.63) is 133 Å². The van der Waals surface area contributed by atoms with Crippen molar-refractivity contribution < 1.29 is 29.5 Å². The number of benzene rings is 4. The Kier molecular flexibility index (Phi) is 9.99. The molecule has 0 amide bonds. The van der Waals surface area contributed by atoms with Gasteiger partial charge in [-0.15, -0.1) is 10.2 Å². The molecular formula is C28H20N12O12. The van der Waals surface area contributed by atoms with E-state index in [-0.39, 0.29) is 11.4 Å². The van der Waals surface area contributed by atoms with E-state index in [1.807, 2.05) is 0 Å². The van der Waals surface area contributed by atoms with E-state index in [9.17, 15) is 60.7 Å². The molecular weight excluding hydrogens is 696 g/mol. The lowest BCUT2D eigenvalue weighted by Gasteiger charge is -2.37. The molecule has 1 saturated heterocycles. The van der Waals surface area contributed by atoms with E-state index in [4.69, 9.17) is 0 Å². The SMILES string of the molecule is O=[N+]([O-])c1cc([N+](=O)[O-])c(/N=N/c2ccc(N3CCN(c4ccc(/N=N/c5c([N+](=O)[O-])cc([N+](=O)[O-])cc5[N+](=O)[O-])cc4)CC3)cc2)c([N+](=O)[O-])c1. The standard InChI is InChI=1S/C28H20N12O12/c41-35(42)21-13-23(37(45)46)27(24(14-21)38(47)48)31-29-17-1-5-19(6-2-17)33-9-11-34(12-10-33)20-7-3-18(4-8-20)30-32-28-25(39(49)50)15-22(36(43)44)16-26(28)40(51)52/h1-8,13-16H,9-12H2/b31-29+,32-30+. The highest BCUT2D eigenvalue weighted by atomic mass is 16.6. The first-order valence-electron chi connectivity index (χ1n) is 14.5. The van der Waals surface area contributed by atoms with Gasteiger partial charge >= 0.3 is 22.7 Å². The molecule has 0 atom stereocenters. The number of nitro benzene ring substituents is 6. The average molecular weight is 717 g/mol. The fraction of sp³-hybridized carbons (Fsp3) is 0.143. The predicted octanol–water partition coefficient (Wildman–Crippen LogP) is 7.29. The molecule has 1 heterocycles. The monoisotopic (exact) mass is 716 g/mol. The second-order valence-electron chi connectivity index (χ2n) is 10.6. The van der Waals surface area contributed by atoms with Crippen LogP contribution in [0.4, 0.5) is 68.2 Å². The molecule has 0 unspecified atom stereocenters.